The summed E-state index contributed by atoms with van der Waals surface area (Å²) in [4.78, 5) is 11.2. The van der Waals surface area contributed by atoms with E-state index in [2.05, 4.69) is 6.92 Å². The molecular formula is C14H16N2O3. The number of rotatable bonds is 5. The summed E-state index contributed by atoms with van der Waals surface area (Å²) in [5, 5.41) is 0. The molecule has 0 atom stereocenters. The number of nitrogens with two attached hydrogens (primary N) is 1. The van der Waals surface area contributed by atoms with Crippen LogP contribution in [0.5, 0.6) is 5.75 Å². The molecule has 0 radical (unpaired) electrons. The Labute approximate surface area is 111 Å². The van der Waals surface area contributed by atoms with Crippen molar-refractivity contribution in [3.63, 3.8) is 0 Å². The normalized spacial score (nSPS) is 10.2. The number of benzene rings is 1. The molecule has 0 saturated heterocycles. The second kappa shape index (κ2) is 6.06. The minimum atomic E-state index is -0.458. The standard InChI is InChI=1S/C14H16N2O3/c1-2-10-5-3-4-6-12(10)18-9-11-7-8-13(19-11)14(17)16-15/h3-8H,2,9,15H2,1H3,(H,16,17). The second-order valence-corrected chi connectivity index (χ2v) is 3.99. The topological polar surface area (TPSA) is 77.5 Å². The molecule has 5 nitrogen and oxygen atoms in total. The number of furan rings is 1. The fourth-order valence-corrected chi connectivity index (χ4v) is 1.73. The molecule has 5 heteroatoms. The van der Waals surface area contributed by atoms with E-state index in [-0.39, 0.29) is 12.4 Å². The maximum absolute atomic E-state index is 11.2. The Morgan fingerprint density at radius 1 is 1.32 bits per heavy atom. The van der Waals surface area contributed by atoms with Gasteiger partial charge in [0.25, 0.3) is 0 Å². The van der Waals surface area contributed by atoms with Gasteiger partial charge in [0, 0.05) is 0 Å². The van der Waals surface area contributed by atoms with Crippen molar-refractivity contribution in [2.75, 3.05) is 0 Å². The van der Waals surface area contributed by atoms with E-state index in [9.17, 15) is 4.79 Å². The van der Waals surface area contributed by atoms with E-state index in [0.717, 1.165) is 17.7 Å². The van der Waals surface area contributed by atoms with Crippen molar-refractivity contribution in [3.05, 3.63) is 53.5 Å². The zero-order chi connectivity index (χ0) is 13.7. The van der Waals surface area contributed by atoms with E-state index in [1.54, 1.807) is 12.1 Å². The van der Waals surface area contributed by atoms with Crippen LogP contribution in [0.15, 0.2) is 40.8 Å². The van der Waals surface area contributed by atoms with Crippen LogP contribution in [0.3, 0.4) is 0 Å². The lowest BCUT2D eigenvalue weighted by Gasteiger charge is -2.08. The third-order valence-electron chi connectivity index (χ3n) is 2.74. The number of para-hydroxylation sites is 1. The van der Waals surface area contributed by atoms with Gasteiger partial charge in [0.1, 0.15) is 18.1 Å². The number of ether oxygens (including phenoxy) is 1. The fourth-order valence-electron chi connectivity index (χ4n) is 1.73. The van der Waals surface area contributed by atoms with Gasteiger partial charge in [-0.1, -0.05) is 25.1 Å². The Morgan fingerprint density at radius 2 is 2.11 bits per heavy atom. The molecule has 1 aromatic carbocycles. The van der Waals surface area contributed by atoms with E-state index in [0.29, 0.717) is 5.76 Å². The Bertz CT molecular complexity index is 563. The van der Waals surface area contributed by atoms with Crippen molar-refractivity contribution in [3.8, 4) is 5.75 Å². The summed E-state index contributed by atoms with van der Waals surface area (Å²) in [6.45, 7) is 2.34. The fraction of sp³-hybridized carbons (Fsp3) is 0.214. The van der Waals surface area contributed by atoms with Gasteiger partial charge in [0.2, 0.25) is 0 Å². The summed E-state index contributed by atoms with van der Waals surface area (Å²) in [5.41, 5.74) is 3.15. The van der Waals surface area contributed by atoms with Crippen molar-refractivity contribution in [1.29, 1.82) is 0 Å². The molecule has 1 amide bonds. The highest BCUT2D eigenvalue weighted by atomic mass is 16.5. The van der Waals surface area contributed by atoms with E-state index >= 15 is 0 Å². The van der Waals surface area contributed by atoms with Crippen LogP contribution < -0.4 is 16.0 Å². The zero-order valence-electron chi connectivity index (χ0n) is 10.7. The van der Waals surface area contributed by atoms with E-state index in [4.69, 9.17) is 15.0 Å². The first-order chi connectivity index (χ1) is 9.24. The molecule has 0 aliphatic rings. The van der Waals surface area contributed by atoms with Crippen molar-refractivity contribution >= 4 is 5.91 Å². The van der Waals surface area contributed by atoms with Crippen LogP contribution in [-0.2, 0) is 13.0 Å². The predicted molar refractivity (Wildman–Crippen MR) is 70.5 cm³/mol. The van der Waals surface area contributed by atoms with Gasteiger partial charge < -0.3 is 9.15 Å². The largest absolute Gasteiger partial charge is 0.485 e. The minimum Gasteiger partial charge on any atom is -0.485 e. The average Bonchev–Trinajstić information content (AvgIpc) is 2.93. The number of nitrogens with one attached hydrogen (secondary N) is 1. The van der Waals surface area contributed by atoms with Crippen LogP contribution in [0, 0.1) is 0 Å². The number of aryl methyl sites for hydroxylation is 1. The lowest BCUT2D eigenvalue weighted by Crippen LogP contribution is -2.29. The van der Waals surface area contributed by atoms with Crippen LogP contribution in [0.1, 0.15) is 28.8 Å². The van der Waals surface area contributed by atoms with Gasteiger partial charge >= 0.3 is 5.91 Å². The predicted octanol–water partition coefficient (Wildman–Crippen LogP) is 2.02. The third-order valence-corrected chi connectivity index (χ3v) is 2.74. The molecule has 1 heterocycles. The maximum Gasteiger partial charge on any atom is 0.300 e. The molecule has 2 aromatic rings. The van der Waals surface area contributed by atoms with Crippen LogP contribution in [0.25, 0.3) is 0 Å². The molecule has 0 bridgehead atoms. The molecular weight excluding hydrogens is 244 g/mol. The molecule has 1 aromatic heterocycles. The lowest BCUT2D eigenvalue weighted by atomic mass is 10.1. The molecule has 0 aliphatic carbocycles. The number of amides is 1. The number of hydrazine groups is 1. The smallest absolute Gasteiger partial charge is 0.300 e. The molecule has 0 aliphatic heterocycles. The Morgan fingerprint density at radius 3 is 2.84 bits per heavy atom. The zero-order valence-corrected chi connectivity index (χ0v) is 10.7. The Hall–Kier alpha value is -2.27. The van der Waals surface area contributed by atoms with Gasteiger partial charge in [0.15, 0.2) is 5.76 Å². The highest BCUT2D eigenvalue weighted by Crippen LogP contribution is 2.20. The van der Waals surface area contributed by atoms with Crippen molar-refractivity contribution in [2.45, 2.75) is 20.0 Å². The van der Waals surface area contributed by atoms with Crippen LogP contribution in [0.2, 0.25) is 0 Å². The SMILES string of the molecule is CCc1ccccc1OCc1ccc(C(=O)NN)o1. The van der Waals surface area contributed by atoms with Gasteiger partial charge in [-0.15, -0.1) is 0 Å². The summed E-state index contributed by atoms with van der Waals surface area (Å²) >= 11 is 0. The molecule has 0 fully saturated rings. The molecule has 19 heavy (non-hydrogen) atoms. The quantitative estimate of drug-likeness (QED) is 0.490. The number of hydrogen-bond acceptors (Lipinski definition) is 4. The number of carbonyl (C=O) groups excluding carboxylic acids is 1. The molecule has 100 valence electrons. The molecule has 0 saturated carbocycles. The number of nitrogen functional groups attached to an aromatic ring is 1. The van der Waals surface area contributed by atoms with Crippen molar-refractivity contribution in [2.24, 2.45) is 5.84 Å². The second-order valence-electron chi connectivity index (χ2n) is 3.99. The number of carbonyl (C=O) groups is 1. The highest BCUT2D eigenvalue weighted by molar-refractivity contribution is 5.90. The summed E-state index contributed by atoms with van der Waals surface area (Å²) in [7, 11) is 0. The lowest BCUT2D eigenvalue weighted by molar-refractivity contribution is 0.0922. The maximum atomic E-state index is 11.2. The monoisotopic (exact) mass is 260 g/mol. The first-order valence-electron chi connectivity index (χ1n) is 6.05. The van der Waals surface area contributed by atoms with Gasteiger partial charge in [-0.3, -0.25) is 10.2 Å². The summed E-state index contributed by atoms with van der Waals surface area (Å²) < 4.78 is 11.0. The van der Waals surface area contributed by atoms with Crippen molar-refractivity contribution in [1.82, 2.24) is 5.43 Å². The molecule has 0 spiro atoms. The van der Waals surface area contributed by atoms with E-state index in [1.165, 1.54) is 0 Å². The average molecular weight is 260 g/mol. The first-order valence-corrected chi connectivity index (χ1v) is 6.05. The van der Waals surface area contributed by atoms with Gasteiger partial charge in [-0.05, 0) is 30.2 Å². The summed E-state index contributed by atoms with van der Waals surface area (Å²) in [6.07, 6.45) is 0.898. The van der Waals surface area contributed by atoms with Crippen molar-refractivity contribution < 1.29 is 13.9 Å². The van der Waals surface area contributed by atoms with Gasteiger partial charge in [-0.25, -0.2) is 5.84 Å². The summed E-state index contributed by atoms with van der Waals surface area (Å²) in [5.74, 6) is 6.14. The van der Waals surface area contributed by atoms with Crippen LogP contribution >= 0.6 is 0 Å². The van der Waals surface area contributed by atoms with Crippen LogP contribution in [0.4, 0.5) is 0 Å². The van der Waals surface area contributed by atoms with Gasteiger partial charge in [0.05, 0.1) is 0 Å². The first kappa shape index (κ1) is 13.2. The Kier molecular flexibility index (Phi) is 4.20. The van der Waals surface area contributed by atoms with E-state index in [1.807, 2.05) is 29.7 Å². The molecule has 3 N–H and O–H groups in total. The molecule has 2 rings (SSSR count). The minimum absolute atomic E-state index is 0.171. The summed E-state index contributed by atoms with van der Waals surface area (Å²) in [6, 6.07) is 11.1. The third kappa shape index (κ3) is 3.14. The number of hydrogen-bond donors (Lipinski definition) is 2. The van der Waals surface area contributed by atoms with Crippen LogP contribution in [-0.4, -0.2) is 5.91 Å². The molecule has 0 unspecified atom stereocenters. The van der Waals surface area contributed by atoms with Gasteiger partial charge in [-0.2, -0.15) is 0 Å². The van der Waals surface area contributed by atoms with E-state index < -0.39 is 5.91 Å². The highest BCUT2D eigenvalue weighted by Gasteiger charge is 2.10. The Balaban J connectivity index is 2.02.